The van der Waals surface area contributed by atoms with E-state index in [-0.39, 0.29) is 6.10 Å². The van der Waals surface area contributed by atoms with Gasteiger partial charge in [-0.15, -0.1) is 11.3 Å². The topological polar surface area (TPSA) is 43.8 Å². The van der Waals surface area contributed by atoms with Gasteiger partial charge in [-0.25, -0.2) is 4.98 Å². The SMILES string of the molecule is Cc1sc(-c2ccc(OC(C)C)cc2)nc1-c1ccc(OCCN2CCOCC2)cc1. The molecule has 0 saturated carbocycles. The van der Waals surface area contributed by atoms with Gasteiger partial charge in [0.05, 0.1) is 25.0 Å². The number of rotatable bonds is 8. The molecule has 0 N–H and O–H groups in total. The molecule has 0 amide bonds. The van der Waals surface area contributed by atoms with Crippen LogP contribution >= 0.6 is 11.3 Å². The van der Waals surface area contributed by atoms with Crippen LogP contribution in [0.2, 0.25) is 0 Å². The minimum Gasteiger partial charge on any atom is -0.492 e. The van der Waals surface area contributed by atoms with E-state index in [1.807, 2.05) is 38.1 Å². The summed E-state index contributed by atoms with van der Waals surface area (Å²) >= 11 is 1.72. The van der Waals surface area contributed by atoms with Crippen molar-refractivity contribution >= 4 is 11.3 Å². The number of morpholine rings is 1. The zero-order chi connectivity index (χ0) is 21.6. The van der Waals surface area contributed by atoms with Crippen molar-refractivity contribution < 1.29 is 14.2 Å². The van der Waals surface area contributed by atoms with Crippen LogP contribution in [0.3, 0.4) is 0 Å². The standard InChI is InChI=1S/C25H30N2O3S/c1-18(2)30-23-10-6-21(7-11-23)25-26-24(19(3)31-25)20-4-8-22(9-5-20)29-17-14-27-12-15-28-16-13-27/h4-11,18H,12-17H2,1-3H3. The molecule has 31 heavy (non-hydrogen) atoms. The third kappa shape index (κ3) is 5.85. The van der Waals surface area contributed by atoms with Crippen molar-refractivity contribution in [3.63, 3.8) is 0 Å². The normalized spacial score (nSPS) is 14.7. The maximum Gasteiger partial charge on any atom is 0.124 e. The second-order valence-electron chi connectivity index (χ2n) is 7.94. The molecule has 1 saturated heterocycles. The van der Waals surface area contributed by atoms with E-state index in [1.165, 1.54) is 4.88 Å². The molecular formula is C25H30N2O3S. The quantitative estimate of drug-likeness (QED) is 0.478. The Hall–Kier alpha value is -2.41. The van der Waals surface area contributed by atoms with Crippen LogP contribution in [0.15, 0.2) is 48.5 Å². The number of thiazole rings is 1. The molecule has 1 aliphatic rings. The molecule has 1 aromatic heterocycles. The first kappa shape index (κ1) is 21.8. The van der Waals surface area contributed by atoms with Gasteiger partial charge in [-0.3, -0.25) is 4.90 Å². The van der Waals surface area contributed by atoms with Crippen LogP contribution in [0.5, 0.6) is 11.5 Å². The van der Waals surface area contributed by atoms with Crippen LogP contribution in [0.1, 0.15) is 18.7 Å². The lowest BCUT2D eigenvalue weighted by Crippen LogP contribution is -2.38. The maximum absolute atomic E-state index is 5.93. The molecule has 0 bridgehead atoms. The molecule has 0 aliphatic carbocycles. The smallest absolute Gasteiger partial charge is 0.124 e. The number of ether oxygens (including phenoxy) is 3. The summed E-state index contributed by atoms with van der Waals surface area (Å²) < 4.78 is 17.1. The van der Waals surface area contributed by atoms with Crippen LogP contribution in [0.4, 0.5) is 0 Å². The lowest BCUT2D eigenvalue weighted by molar-refractivity contribution is 0.0322. The Morgan fingerprint density at radius 1 is 0.968 bits per heavy atom. The highest BCUT2D eigenvalue weighted by atomic mass is 32.1. The van der Waals surface area contributed by atoms with E-state index >= 15 is 0 Å². The number of nitrogens with zero attached hydrogens (tertiary/aromatic N) is 2. The van der Waals surface area contributed by atoms with Crippen molar-refractivity contribution in [1.29, 1.82) is 0 Å². The lowest BCUT2D eigenvalue weighted by atomic mass is 10.1. The fourth-order valence-corrected chi connectivity index (χ4v) is 4.50. The number of aryl methyl sites for hydroxylation is 1. The van der Waals surface area contributed by atoms with Crippen molar-refractivity contribution in [1.82, 2.24) is 9.88 Å². The second kappa shape index (κ2) is 10.3. The molecule has 0 unspecified atom stereocenters. The molecule has 1 aliphatic heterocycles. The van der Waals surface area contributed by atoms with Gasteiger partial charge in [0.1, 0.15) is 23.1 Å². The van der Waals surface area contributed by atoms with Crippen molar-refractivity contribution in [2.45, 2.75) is 26.9 Å². The third-order valence-electron chi connectivity index (χ3n) is 5.18. The molecule has 0 spiro atoms. The fraction of sp³-hybridized carbons (Fsp3) is 0.400. The summed E-state index contributed by atoms with van der Waals surface area (Å²) in [6, 6.07) is 16.4. The molecule has 2 heterocycles. The highest BCUT2D eigenvalue weighted by Crippen LogP contribution is 2.34. The first-order chi connectivity index (χ1) is 15.1. The summed E-state index contributed by atoms with van der Waals surface area (Å²) in [5.74, 6) is 1.78. The molecule has 0 atom stereocenters. The molecular weight excluding hydrogens is 408 g/mol. The summed E-state index contributed by atoms with van der Waals surface area (Å²) in [5, 5.41) is 1.02. The van der Waals surface area contributed by atoms with Crippen LogP contribution < -0.4 is 9.47 Å². The van der Waals surface area contributed by atoms with Crippen LogP contribution in [0.25, 0.3) is 21.8 Å². The van der Waals surface area contributed by atoms with Crippen molar-refractivity contribution in [3.8, 4) is 33.3 Å². The Morgan fingerprint density at radius 2 is 1.61 bits per heavy atom. The minimum atomic E-state index is 0.172. The summed E-state index contributed by atoms with van der Waals surface area (Å²) in [5.41, 5.74) is 3.25. The maximum atomic E-state index is 5.93. The lowest BCUT2D eigenvalue weighted by Gasteiger charge is -2.26. The van der Waals surface area contributed by atoms with Gasteiger partial charge < -0.3 is 14.2 Å². The van der Waals surface area contributed by atoms with E-state index in [0.29, 0.717) is 6.61 Å². The van der Waals surface area contributed by atoms with E-state index in [0.717, 1.165) is 66.2 Å². The van der Waals surface area contributed by atoms with E-state index in [1.54, 1.807) is 11.3 Å². The Bertz CT molecular complexity index is 961. The first-order valence-electron chi connectivity index (χ1n) is 10.9. The molecule has 4 rings (SSSR count). The average Bonchev–Trinajstić information content (AvgIpc) is 3.17. The van der Waals surface area contributed by atoms with Gasteiger partial charge >= 0.3 is 0 Å². The summed E-state index contributed by atoms with van der Waals surface area (Å²) in [6.45, 7) is 11.4. The van der Waals surface area contributed by atoms with Gasteiger partial charge in [0.2, 0.25) is 0 Å². The fourth-order valence-electron chi connectivity index (χ4n) is 3.56. The number of hydrogen-bond acceptors (Lipinski definition) is 6. The van der Waals surface area contributed by atoms with Crippen molar-refractivity contribution in [3.05, 3.63) is 53.4 Å². The van der Waals surface area contributed by atoms with Crippen LogP contribution in [0, 0.1) is 6.92 Å². The zero-order valence-corrected chi connectivity index (χ0v) is 19.3. The van der Waals surface area contributed by atoms with Gasteiger partial charge in [0.25, 0.3) is 0 Å². The number of hydrogen-bond donors (Lipinski definition) is 0. The predicted molar refractivity (Wildman–Crippen MR) is 126 cm³/mol. The molecule has 164 valence electrons. The van der Waals surface area contributed by atoms with E-state index in [9.17, 15) is 0 Å². The van der Waals surface area contributed by atoms with Gasteiger partial charge in [0, 0.05) is 35.6 Å². The molecule has 3 aromatic rings. The molecule has 1 fully saturated rings. The molecule has 6 heteroatoms. The monoisotopic (exact) mass is 438 g/mol. The molecule has 2 aromatic carbocycles. The number of benzene rings is 2. The van der Waals surface area contributed by atoms with E-state index in [2.05, 4.69) is 36.1 Å². The van der Waals surface area contributed by atoms with Crippen molar-refractivity contribution in [2.24, 2.45) is 0 Å². The largest absolute Gasteiger partial charge is 0.492 e. The zero-order valence-electron chi connectivity index (χ0n) is 18.5. The molecule has 5 nitrogen and oxygen atoms in total. The highest BCUT2D eigenvalue weighted by molar-refractivity contribution is 7.15. The average molecular weight is 439 g/mol. The Balaban J connectivity index is 1.38. The summed E-state index contributed by atoms with van der Waals surface area (Å²) in [4.78, 5) is 8.49. The summed E-state index contributed by atoms with van der Waals surface area (Å²) in [6.07, 6.45) is 0.172. The summed E-state index contributed by atoms with van der Waals surface area (Å²) in [7, 11) is 0. The van der Waals surface area contributed by atoms with Gasteiger partial charge in [-0.2, -0.15) is 0 Å². The van der Waals surface area contributed by atoms with Crippen LogP contribution in [-0.2, 0) is 4.74 Å². The van der Waals surface area contributed by atoms with Crippen molar-refractivity contribution in [2.75, 3.05) is 39.5 Å². The van der Waals surface area contributed by atoms with Gasteiger partial charge in [-0.05, 0) is 69.3 Å². The van der Waals surface area contributed by atoms with Gasteiger partial charge in [0.15, 0.2) is 0 Å². The van der Waals surface area contributed by atoms with Gasteiger partial charge in [-0.1, -0.05) is 0 Å². The minimum absolute atomic E-state index is 0.172. The highest BCUT2D eigenvalue weighted by Gasteiger charge is 2.13. The first-order valence-corrected chi connectivity index (χ1v) is 11.7. The second-order valence-corrected chi connectivity index (χ2v) is 9.14. The van der Waals surface area contributed by atoms with Crippen LogP contribution in [-0.4, -0.2) is 55.4 Å². The Labute approximate surface area is 188 Å². The Morgan fingerprint density at radius 3 is 2.29 bits per heavy atom. The number of aromatic nitrogens is 1. The van der Waals surface area contributed by atoms with E-state index in [4.69, 9.17) is 19.2 Å². The third-order valence-corrected chi connectivity index (χ3v) is 6.20. The Kier molecular flexibility index (Phi) is 7.22. The predicted octanol–water partition coefficient (Wildman–Crippen LogP) is 5.28. The molecule has 0 radical (unpaired) electrons. The van der Waals surface area contributed by atoms with E-state index < -0.39 is 0 Å².